The zero-order valence-electron chi connectivity index (χ0n) is 8.53. The Hall–Kier alpha value is 0.460. The molecule has 1 aromatic rings. The summed E-state index contributed by atoms with van der Waals surface area (Å²) in [5.74, 6) is 0.890. The van der Waals surface area contributed by atoms with Crippen LogP contribution in [-0.4, -0.2) is 6.61 Å². The molecule has 0 aromatic heterocycles. The largest absolute Gasteiger partial charge is 0.492 e. The van der Waals surface area contributed by atoms with Gasteiger partial charge in [-0.2, -0.15) is 0 Å². The first-order chi connectivity index (χ1) is 7.16. The molecule has 0 bridgehead atoms. The molecular formula is C11H13Br3O. The lowest BCUT2D eigenvalue weighted by Gasteiger charge is -2.09. The van der Waals surface area contributed by atoms with E-state index in [1.165, 1.54) is 12.8 Å². The average Bonchev–Trinajstić information content (AvgIpc) is 2.24. The van der Waals surface area contributed by atoms with Gasteiger partial charge in [0.1, 0.15) is 5.75 Å². The highest BCUT2D eigenvalue weighted by Gasteiger charge is 2.07. The Morgan fingerprint density at radius 1 is 1.07 bits per heavy atom. The van der Waals surface area contributed by atoms with Gasteiger partial charge in [-0.1, -0.05) is 19.8 Å². The number of unbranched alkanes of at least 4 members (excludes halogenated alkanes) is 2. The molecule has 0 amide bonds. The van der Waals surface area contributed by atoms with Crippen LogP contribution >= 0.6 is 47.8 Å². The molecule has 4 heteroatoms. The lowest BCUT2D eigenvalue weighted by molar-refractivity contribution is 0.304. The molecule has 1 rings (SSSR count). The molecule has 1 aromatic carbocycles. The maximum absolute atomic E-state index is 5.68. The fourth-order valence-electron chi connectivity index (χ4n) is 1.15. The normalized spacial score (nSPS) is 10.4. The van der Waals surface area contributed by atoms with Crippen molar-refractivity contribution in [2.24, 2.45) is 0 Å². The van der Waals surface area contributed by atoms with Crippen molar-refractivity contribution in [2.75, 3.05) is 6.61 Å². The zero-order valence-corrected chi connectivity index (χ0v) is 13.3. The molecule has 0 aliphatic heterocycles. The van der Waals surface area contributed by atoms with Crippen LogP contribution in [-0.2, 0) is 0 Å². The van der Waals surface area contributed by atoms with Crippen molar-refractivity contribution in [2.45, 2.75) is 26.2 Å². The summed E-state index contributed by atoms with van der Waals surface area (Å²) in [7, 11) is 0. The van der Waals surface area contributed by atoms with Gasteiger partial charge in [-0.25, -0.2) is 0 Å². The Bertz CT molecular complexity index is 326. The first kappa shape index (κ1) is 13.5. The molecule has 15 heavy (non-hydrogen) atoms. The summed E-state index contributed by atoms with van der Waals surface area (Å²) in [6.45, 7) is 2.96. The van der Waals surface area contributed by atoms with Gasteiger partial charge in [-0.3, -0.25) is 0 Å². The maximum Gasteiger partial charge on any atom is 0.134 e. The summed E-state index contributed by atoms with van der Waals surface area (Å²) in [6.07, 6.45) is 3.54. The molecule has 1 nitrogen and oxygen atoms in total. The van der Waals surface area contributed by atoms with E-state index in [1.54, 1.807) is 0 Å². The molecule has 0 aliphatic rings. The van der Waals surface area contributed by atoms with E-state index in [-0.39, 0.29) is 0 Å². The molecule has 84 valence electrons. The van der Waals surface area contributed by atoms with E-state index in [0.717, 1.165) is 32.2 Å². The summed E-state index contributed by atoms with van der Waals surface area (Å²) >= 11 is 10.4. The van der Waals surface area contributed by atoms with Crippen molar-refractivity contribution in [3.63, 3.8) is 0 Å². The van der Waals surface area contributed by atoms with Crippen LogP contribution in [0.1, 0.15) is 26.2 Å². The van der Waals surface area contributed by atoms with Crippen molar-refractivity contribution < 1.29 is 4.74 Å². The topological polar surface area (TPSA) is 9.23 Å². The van der Waals surface area contributed by atoms with Gasteiger partial charge in [0.15, 0.2) is 0 Å². The third-order valence-corrected chi connectivity index (χ3v) is 5.34. The smallest absolute Gasteiger partial charge is 0.134 e. The third-order valence-electron chi connectivity index (χ3n) is 2.01. The second-order valence-electron chi connectivity index (χ2n) is 3.23. The minimum absolute atomic E-state index is 0.778. The van der Waals surface area contributed by atoms with E-state index in [0.29, 0.717) is 0 Å². The Balaban J connectivity index is 2.58. The van der Waals surface area contributed by atoms with E-state index < -0.39 is 0 Å². The Labute approximate surface area is 116 Å². The average molecular weight is 401 g/mol. The molecule has 0 saturated heterocycles. The molecular weight excluding hydrogens is 388 g/mol. The van der Waals surface area contributed by atoms with Crippen LogP contribution in [0.3, 0.4) is 0 Å². The Morgan fingerprint density at radius 2 is 1.80 bits per heavy atom. The number of hydrogen-bond acceptors (Lipinski definition) is 1. The van der Waals surface area contributed by atoms with Crippen LogP contribution in [0.15, 0.2) is 25.6 Å². The number of benzene rings is 1. The highest BCUT2D eigenvalue weighted by atomic mass is 79.9. The van der Waals surface area contributed by atoms with Gasteiger partial charge in [0, 0.05) is 8.95 Å². The van der Waals surface area contributed by atoms with E-state index >= 15 is 0 Å². The van der Waals surface area contributed by atoms with Gasteiger partial charge in [-0.15, -0.1) is 0 Å². The van der Waals surface area contributed by atoms with Crippen LogP contribution in [0.4, 0.5) is 0 Å². The monoisotopic (exact) mass is 398 g/mol. The van der Waals surface area contributed by atoms with Gasteiger partial charge in [0.05, 0.1) is 11.1 Å². The maximum atomic E-state index is 5.68. The van der Waals surface area contributed by atoms with Crippen molar-refractivity contribution in [3.8, 4) is 5.75 Å². The minimum atomic E-state index is 0.778. The van der Waals surface area contributed by atoms with Gasteiger partial charge in [0.25, 0.3) is 0 Å². The minimum Gasteiger partial charge on any atom is -0.492 e. The molecule has 0 fully saturated rings. The van der Waals surface area contributed by atoms with E-state index in [1.807, 2.05) is 12.1 Å². The van der Waals surface area contributed by atoms with Crippen molar-refractivity contribution in [1.29, 1.82) is 0 Å². The quantitative estimate of drug-likeness (QED) is 0.465. The standard InChI is InChI=1S/C11H13Br3O/c1-2-3-4-7-15-9-6-5-8(12)10(13)11(9)14/h5-6H,2-4,7H2,1H3. The number of hydrogen-bond donors (Lipinski definition) is 0. The molecule has 0 spiro atoms. The molecule has 0 atom stereocenters. The first-order valence-electron chi connectivity index (χ1n) is 4.93. The van der Waals surface area contributed by atoms with Crippen LogP contribution in [0.2, 0.25) is 0 Å². The number of ether oxygens (including phenoxy) is 1. The second-order valence-corrected chi connectivity index (χ2v) is 5.67. The third kappa shape index (κ3) is 4.08. The molecule has 0 N–H and O–H groups in total. The highest BCUT2D eigenvalue weighted by molar-refractivity contribution is 9.14. The zero-order chi connectivity index (χ0) is 11.3. The predicted molar refractivity (Wildman–Crippen MR) is 74.6 cm³/mol. The summed E-state index contributed by atoms with van der Waals surface area (Å²) in [5, 5.41) is 0. The van der Waals surface area contributed by atoms with Gasteiger partial charge >= 0.3 is 0 Å². The lowest BCUT2D eigenvalue weighted by Crippen LogP contribution is -1.97. The SMILES string of the molecule is CCCCCOc1ccc(Br)c(Br)c1Br. The Morgan fingerprint density at radius 3 is 2.47 bits per heavy atom. The van der Waals surface area contributed by atoms with Crippen LogP contribution in [0.5, 0.6) is 5.75 Å². The Kier molecular flexibility index (Phi) is 6.24. The summed E-state index contributed by atoms with van der Waals surface area (Å²) in [5.41, 5.74) is 0. The van der Waals surface area contributed by atoms with E-state index in [4.69, 9.17) is 4.74 Å². The number of halogens is 3. The van der Waals surface area contributed by atoms with Gasteiger partial charge in [-0.05, 0) is 66.3 Å². The molecule has 0 radical (unpaired) electrons. The second kappa shape index (κ2) is 6.92. The van der Waals surface area contributed by atoms with Crippen LogP contribution in [0.25, 0.3) is 0 Å². The van der Waals surface area contributed by atoms with E-state index in [2.05, 4.69) is 54.7 Å². The lowest BCUT2D eigenvalue weighted by atomic mass is 10.3. The molecule has 0 saturated carbocycles. The highest BCUT2D eigenvalue weighted by Crippen LogP contribution is 2.37. The van der Waals surface area contributed by atoms with Crippen molar-refractivity contribution >= 4 is 47.8 Å². The van der Waals surface area contributed by atoms with Crippen LogP contribution in [0, 0.1) is 0 Å². The van der Waals surface area contributed by atoms with E-state index in [9.17, 15) is 0 Å². The van der Waals surface area contributed by atoms with Crippen LogP contribution < -0.4 is 4.74 Å². The summed E-state index contributed by atoms with van der Waals surface area (Å²) in [4.78, 5) is 0. The summed E-state index contributed by atoms with van der Waals surface area (Å²) < 4.78 is 8.66. The van der Waals surface area contributed by atoms with Gasteiger partial charge in [0.2, 0.25) is 0 Å². The predicted octanol–water partition coefficient (Wildman–Crippen LogP) is 5.54. The summed E-state index contributed by atoms with van der Waals surface area (Å²) in [6, 6.07) is 3.94. The van der Waals surface area contributed by atoms with Crippen molar-refractivity contribution in [1.82, 2.24) is 0 Å². The van der Waals surface area contributed by atoms with Crippen molar-refractivity contribution in [3.05, 3.63) is 25.6 Å². The number of rotatable bonds is 5. The fourth-order valence-corrected chi connectivity index (χ4v) is 2.54. The van der Waals surface area contributed by atoms with Gasteiger partial charge < -0.3 is 4.74 Å². The first-order valence-corrected chi connectivity index (χ1v) is 7.31. The molecule has 0 unspecified atom stereocenters. The molecule has 0 heterocycles. The fraction of sp³-hybridized carbons (Fsp3) is 0.455. The molecule has 0 aliphatic carbocycles.